The summed E-state index contributed by atoms with van der Waals surface area (Å²) in [5.74, 6) is 0.0785. The first-order valence-electron chi connectivity index (χ1n) is 32.6. The van der Waals surface area contributed by atoms with Gasteiger partial charge in [0, 0.05) is 55.7 Å². The third-order valence-corrected chi connectivity index (χ3v) is 16.1. The Balaban J connectivity index is -0.00000126. The van der Waals surface area contributed by atoms with Crippen molar-refractivity contribution in [3.05, 3.63) is 0 Å². The van der Waals surface area contributed by atoms with Gasteiger partial charge in [0.1, 0.15) is 36.5 Å². The van der Waals surface area contributed by atoms with E-state index in [1.165, 1.54) is 173 Å². The Labute approximate surface area is 501 Å². The molecule has 0 spiro atoms. The molecule has 21 heteroatoms. The summed E-state index contributed by atoms with van der Waals surface area (Å²) in [6, 6.07) is -0.398. The third-order valence-electron chi connectivity index (χ3n) is 13.0. The first-order valence-corrected chi connectivity index (χ1v) is 38.8. The van der Waals surface area contributed by atoms with Crippen molar-refractivity contribution in [1.29, 1.82) is 5.23 Å². The number of unbranched alkanes of at least 4 members (excludes halogenated alkanes) is 28. The van der Waals surface area contributed by atoms with Crippen LogP contribution in [0, 0.1) is 0 Å². The molecule has 0 aliphatic rings. The van der Waals surface area contributed by atoms with Gasteiger partial charge in [-0.15, -0.1) is 0 Å². The van der Waals surface area contributed by atoms with Crippen LogP contribution in [0.4, 0.5) is 0 Å². The average molecular weight is 1200 g/mol. The van der Waals surface area contributed by atoms with Crippen LogP contribution in [0.15, 0.2) is 0 Å². The molecule has 0 saturated carbocycles. The highest BCUT2D eigenvalue weighted by Crippen LogP contribution is 2.31. The van der Waals surface area contributed by atoms with Gasteiger partial charge in [-0.1, -0.05) is 236 Å². The smallest absolute Gasteiger partial charge is 0.220 e. The fraction of sp³-hybridized carbons (Fsp3) is 0.946. The van der Waals surface area contributed by atoms with Crippen molar-refractivity contribution >= 4 is 103 Å². The Hall–Kier alpha value is 1.05. The Morgan fingerprint density at radius 1 is 0.584 bits per heavy atom. The Morgan fingerprint density at radius 3 is 1.31 bits per heavy atom. The number of amides is 2. The maximum atomic E-state index is 12.6. The molecule has 77 heavy (non-hydrogen) atoms. The fourth-order valence-corrected chi connectivity index (χ4v) is 11.3. The predicted octanol–water partition coefficient (Wildman–Crippen LogP) is 15.7. The lowest BCUT2D eigenvalue weighted by molar-refractivity contribution is -0.122. The zero-order valence-corrected chi connectivity index (χ0v) is 55.4. The highest BCUT2D eigenvalue weighted by atomic mass is 32.7. The van der Waals surface area contributed by atoms with Crippen LogP contribution in [0.1, 0.15) is 272 Å². The minimum Gasteiger partial charge on any atom is -0.367 e. The van der Waals surface area contributed by atoms with Gasteiger partial charge < -0.3 is 43.9 Å². The first-order chi connectivity index (χ1) is 39.3. The van der Waals surface area contributed by atoms with Crippen LogP contribution in [-0.4, -0.2) is 124 Å². The predicted molar refractivity (Wildman–Crippen MR) is 355 cm³/mol. The molecule has 8 atom stereocenters. The lowest BCUT2D eigenvalue weighted by atomic mass is 10.1. The summed E-state index contributed by atoms with van der Waals surface area (Å²) in [6.45, 7) is 15.0. The summed E-state index contributed by atoms with van der Waals surface area (Å²) in [7, 11) is 9.31. The summed E-state index contributed by atoms with van der Waals surface area (Å²) in [4.78, 5) is 35.0. The number of hydrogen-bond acceptors (Lipinski definition) is 11. The van der Waals surface area contributed by atoms with Gasteiger partial charge in [0.25, 0.3) is 0 Å². The van der Waals surface area contributed by atoms with Gasteiger partial charge in [-0.2, -0.15) is 0 Å². The number of carbonyl (C=O) groups excluding carboxylic acids is 3. The number of hydrogen-bond donors (Lipinski definition) is 4. The van der Waals surface area contributed by atoms with Crippen molar-refractivity contribution in [3.63, 3.8) is 0 Å². The van der Waals surface area contributed by atoms with E-state index in [0.717, 1.165) is 103 Å². The SMILES string of the molecule is [2H]P([B][3H])SOC[C@@H](CN)NC(=O)CCCCCCCCCCCCC.[2H]P([B][3H])SOC[C@@H](CNCC[C@@H](CCCCCCC)OP([B])C)NC(=O)CCCCCCCCCCCCC.[B]P(C)O[C@@H](CC=O)CCCCCCC. The van der Waals surface area contributed by atoms with E-state index in [1.807, 2.05) is 13.3 Å². The Bertz CT molecular complexity index is 1340. The van der Waals surface area contributed by atoms with Gasteiger partial charge >= 0.3 is 0 Å². The molecule has 0 aliphatic heterocycles. The second-order valence-corrected chi connectivity index (χ2v) is 26.6. The Morgan fingerprint density at radius 2 is 0.935 bits per heavy atom. The molecule has 0 saturated heterocycles. The van der Waals surface area contributed by atoms with Gasteiger partial charge in [0.15, 0.2) is 0 Å². The minimum atomic E-state index is -1.37. The molecule has 0 fully saturated rings. The number of nitrogens with one attached hydrogen (secondary N) is 3. The van der Waals surface area contributed by atoms with Crippen LogP contribution in [-0.2, 0) is 31.8 Å². The number of nitrogens with two attached hydrogens (primary N) is 1. The lowest BCUT2D eigenvalue weighted by Gasteiger charge is -2.23. The van der Waals surface area contributed by atoms with E-state index in [-0.39, 0.29) is 42.7 Å². The molecule has 448 valence electrons. The molecule has 0 bridgehead atoms. The zero-order valence-electron chi connectivity index (χ0n) is 54.1. The second-order valence-electron chi connectivity index (χ2n) is 20.6. The molecular weight excluding hydrogens is 1070 g/mol. The highest BCUT2D eigenvalue weighted by Gasteiger charge is 2.16. The maximum absolute atomic E-state index is 12.6. The molecule has 2 amide bonds. The highest BCUT2D eigenvalue weighted by molar-refractivity contribution is 8.53. The summed E-state index contributed by atoms with van der Waals surface area (Å²) in [5.41, 5.74) is 5.64. The van der Waals surface area contributed by atoms with E-state index in [9.17, 15) is 14.4 Å². The van der Waals surface area contributed by atoms with Crippen molar-refractivity contribution in [2.24, 2.45) is 5.73 Å². The molecule has 0 aromatic heterocycles. The monoisotopic (exact) mass is 1200 g/mol. The van der Waals surface area contributed by atoms with Crippen LogP contribution >= 0.6 is 54.6 Å². The summed E-state index contributed by atoms with van der Waals surface area (Å²) < 4.78 is 51.7. The van der Waals surface area contributed by atoms with E-state index >= 15 is 0 Å². The van der Waals surface area contributed by atoms with E-state index in [4.69, 9.17) is 43.5 Å². The van der Waals surface area contributed by atoms with Crippen LogP contribution in [0.5, 0.6) is 0 Å². The van der Waals surface area contributed by atoms with Gasteiger partial charge in [-0.3, -0.25) is 9.59 Å². The summed E-state index contributed by atoms with van der Waals surface area (Å²) >= 11 is 1.98. The largest absolute Gasteiger partial charge is 0.367 e. The van der Waals surface area contributed by atoms with E-state index in [0.29, 0.717) is 39.0 Å². The number of rotatable bonds is 60. The molecule has 0 rings (SSSR count). The average Bonchev–Trinajstić information content (AvgIpc) is 3.44. The summed E-state index contributed by atoms with van der Waals surface area (Å²) in [6.07, 6.45) is 45.9. The maximum Gasteiger partial charge on any atom is 0.220 e. The van der Waals surface area contributed by atoms with Crippen LogP contribution in [0.3, 0.4) is 0 Å². The van der Waals surface area contributed by atoms with Crippen molar-refractivity contribution in [1.82, 2.24) is 16.0 Å². The van der Waals surface area contributed by atoms with Crippen molar-refractivity contribution in [2.75, 3.05) is 46.2 Å². The number of aldehydes is 1. The van der Waals surface area contributed by atoms with E-state index in [1.54, 1.807) is 0 Å². The quantitative estimate of drug-likeness (QED) is 0.0152. The molecule has 6 radical (unpaired) electrons. The minimum absolute atomic E-state index is 0.0187. The van der Waals surface area contributed by atoms with Crippen molar-refractivity contribution in [3.8, 4) is 0 Å². The number of carbonyl (C=O) groups is 3. The van der Waals surface area contributed by atoms with Gasteiger partial charge in [-0.25, -0.2) is 0 Å². The molecule has 0 aromatic rings. The zero-order chi connectivity index (χ0) is 60.7. The molecule has 0 heterocycles. The molecule has 11 nitrogen and oxygen atoms in total. The van der Waals surface area contributed by atoms with E-state index < -0.39 is 31.3 Å². The second kappa shape index (κ2) is 69.5. The third kappa shape index (κ3) is 69.4. The summed E-state index contributed by atoms with van der Waals surface area (Å²) in [5, 5.41) is 9.47. The van der Waals surface area contributed by atoms with Gasteiger partial charge in [-0.05, 0) is 70.7 Å². The normalized spacial score (nSPS) is 15.0. The molecule has 0 aromatic carbocycles. The first kappa shape index (κ1) is 74.2. The van der Waals surface area contributed by atoms with Gasteiger partial charge in [0.2, 0.25) is 11.8 Å². The molecule has 4 unspecified atom stereocenters. The fourth-order valence-electron chi connectivity index (χ4n) is 8.64. The van der Waals surface area contributed by atoms with Crippen LogP contribution in [0.2, 0.25) is 0 Å². The molecule has 5 N–H and O–H groups in total. The van der Waals surface area contributed by atoms with E-state index in [2.05, 4.69) is 43.6 Å². The Kier molecular flexibility index (Phi) is 67.0. The van der Waals surface area contributed by atoms with Crippen molar-refractivity contribution in [2.45, 2.75) is 296 Å². The standard InChI is InChI=1S/C28H59B2N2O3P2S.C17H37BN2O2PS.C11H22BO2P/c1-4-6-8-10-11-12-13-14-15-17-19-21-28(33)32-26(25-34-38-36-29)24-31-23-22-27(35-37(3)30)20-18-16-9-7-5-2;1-2-3-4-5-6-7-8-9-10-11-12-13-17(21)20-16(14-19)15-22-24-23-18;1-3-4-5-6-7-8-11(9-10-13)14-15(2)12/h26-27,29,31,36H,4-25H2,1-3H3,(H,32,33);16,18,23H,2-15,19H2,1H3,(H,20,21);10-11H,3-9H2,1-2H3/t26-,27-,36?,37?;16-,23?;11-,15?/m111/s1/i29T,36D;18T,23D;. The van der Waals surface area contributed by atoms with Gasteiger partial charge in [0.05, 0.1) is 40.1 Å². The molecular formula is C56H118B4N4O7P4S2. The van der Waals surface area contributed by atoms with Crippen LogP contribution < -0.4 is 21.7 Å². The molecule has 0 aliphatic carbocycles. The topological polar surface area (TPSA) is 150 Å². The lowest BCUT2D eigenvalue weighted by Crippen LogP contribution is -2.45. The van der Waals surface area contributed by atoms with Crippen LogP contribution in [0.25, 0.3) is 0 Å². The van der Waals surface area contributed by atoms with Crippen molar-refractivity contribution < 1.29 is 31.8 Å².